The van der Waals surface area contributed by atoms with Crippen LogP contribution in [0.25, 0.3) is 0 Å². The lowest BCUT2D eigenvalue weighted by atomic mass is 9.89. The van der Waals surface area contributed by atoms with Crippen molar-refractivity contribution in [3.63, 3.8) is 0 Å². The number of hydrogen-bond donors (Lipinski definition) is 3. The first-order chi connectivity index (χ1) is 15.5. The molecule has 0 saturated carbocycles. The molecule has 0 fully saturated rings. The summed E-state index contributed by atoms with van der Waals surface area (Å²) in [5.74, 6) is 0.958. The number of benzene rings is 1. The van der Waals surface area contributed by atoms with Crippen LogP contribution in [0.1, 0.15) is 28.8 Å². The van der Waals surface area contributed by atoms with Crippen molar-refractivity contribution in [2.24, 2.45) is 5.92 Å². The van der Waals surface area contributed by atoms with Gasteiger partial charge in [-0.3, -0.25) is 4.79 Å². The van der Waals surface area contributed by atoms with Gasteiger partial charge >= 0.3 is 6.09 Å². The Morgan fingerprint density at radius 2 is 2.12 bits per heavy atom. The van der Waals surface area contributed by atoms with Crippen LogP contribution in [0.2, 0.25) is 0 Å². The van der Waals surface area contributed by atoms with Crippen molar-refractivity contribution in [3.05, 3.63) is 40.3 Å². The van der Waals surface area contributed by atoms with E-state index in [9.17, 15) is 9.59 Å². The molecule has 1 heterocycles. The van der Waals surface area contributed by atoms with Gasteiger partial charge in [0.2, 0.25) is 5.91 Å². The average molecular weight is 462 g/mol. The van der Waals surface area contributed by atoms with Gasteiger partial charge in [0, 0.05) is 25.0 Å². The largest absolute Gasteiger partial charge is 0.497 e. The Labute approximate surface area is 192 Å². The Hall–Kier alpha value is -2.78. The molecule has 1 aromatic carbocycles. The summed E-state index contributed by atoms with van der Waals surface area (Å²) in [4.78, 5) is 25.4. The van der Waals surface area contributed by atoms with Gasteiger partial charge in [-0.2, -0.15) is 0 Å². The first-order valence-electron chi connectivity index (χ1n) is 10.7. The number of hydrogen-bond acceptors (Lipinski definition) is 7. The maximum atomic E-state index is 12.5. The Morgan fingerprint density at radius 1 is 1.28 bits per heavy atom. The van der Waals surface area contributed by atoms with Crippen LogP contribution in [0.5, 0.6) is 5.75 Å². The molecular formula is C23H31N3O5S. The number of anilines is 2. The number of ether oxygens (including phenoxy) is 3. The maximum absolute atomic E-state index is 12.5. The second-order valence-corrected chi connectivity index (χ2v) is 8.88. The number of nitrogens with one attached hydrogen (secondary N) is 2. The molecular weight excluding hydrogens is 430 g/mol. The molecule has 1 aromatic heterocycles. The van der Waals surface area contributed by atoms with Crippen LogP contribution < -0.4 is 21.1 Å². The molecule has 8 nitrogen and oxygen atoms in total. The number of alkyl carbamates (subject to hydrolysis) is 1. The van der Waals surface area contributed by atoms with Crippen LogP contribution in [-0.2, 0) is 33.5 Å². The number of methoxy groups -OCH3 is 2. The van der Waals surface area contributed by atoms with E-state index < -0.39 is 6.09 Å². The number of thiophene rings is 1. The fourth-order valence-electron chi connectivity index (χ4n) is 3.69. The zero-order valence-electron chi connectivity index (χ0n) is 18.6. The Morgan fingerprint density at radius 3 is 2.91 bits per heavy atom. The summed E-state index contributed by atoms with van der Waals surface area (Å²) in [6.45, 7) is 1.23. The van der Waals surface area contributed by atoms with E-state index in [1.54, 1.807) is 14.2 Å². The van der Waals surface area contributed by atoms with Crippen molar-refractivity contribution in [2.45, 2.75) is 32.1 Å². The predicted molar refractivity (Wildman–Crippen MR) is 125 cm³/mol. The van der Waals surface area contributed by atoms with E-state index in [0.29, 0.717) is 43.3 Å². The second kappa shape index (κ2) is 11.7. The molecule has 2 amide bonds. The minimum Gasteiger partial charge on any atom is -0.497 e. The van der Waals surface area contributed by atoms with E-state index in [0.717, 1.165) is 41.0 Å². The highest BCUT2D eigenvalue weighted by atomic mass is 32.1. The van der Waals surface area contributed by atoms with Gasteiger partial charge in [0.15, 0.2) is 0 Å². The number of carbonyl (C=O) groups is 2. The molecule has 0 saturated heterocycles. The molecule has 1 aliphatic carbocycles. The molecule has 0 radical (unpaired) electrons. The summed E-state index contributed by atoms with van der Waals surface area (Å²) < 4.78 is 15.5. The molecule has 174 valence electrons. The molecule has 2 aromatic rings. The zero-order chi connectivity index (χ0) is 22.9. The molecule has 1 aliphatic rings. The summed E-state index contributed by atoms with van der Waals surface area (Å²) >= 11 is 1.52. The topological polar surface area (TPSA) is 112 Å². The molecule has 0 bridgehead atoms. The van der Waals surface area contributed by atoms with Crippen LogP contribution in [0.3, 0.4) is 0 Å². The number of amides is 2. The van der Waals surface area contributed by atoms with E-state index in [2.05, 4.69) is 10.6 Å². The lowest BCUT2D eigenvalue weighted by molar-refractivity contribution is -0.116. The van der Waals surface area contributed by atoms with Crippen molar-refractivity contribution >= 4 is 34.0 Å². The van der Waals surface area contributed by atoms with Gasteiger partial charge in [0.05, 0.1) is 26.0 Å². The van der Waals surface area contributed by atoms with E-state index in [-0.39, 0.29) is 11.8 Å². The number of carbonyl (C=O) groups excluding carboxylic acids is 2. The standard InChI is InChI=1S/C23H31N3O5S/c1-29-11-10-25-23(28)31-14-16-6-8-18-19(13-16)32-22(21(18)24)26-20(27)9-7-15-4-3-5-17(12-15)30-2/h3-5,12,16H,6-11,13-14,24H2,1-2H3,(H,25,28)(H,26,27). The second-order valence-electron chi connectivity index (χ2n) is 7.77. The minimum atomic E-state index is -0.428. The van der Waals surface area contributed by atoms with Crippen LogP contribution in [0.15, 0.2) is 24.3 Å². The highest BCUT2D eigenvalue weighted by Gasteiger charge is 2.26. The van der Waals surface area contributed by atoms with Crippen molar-refractivity contribution in [1.82, 2.24) is 5.32 Å². The summed E-state index contributed by atoms with van der Waals surface area (Å²) in [5, 5.41) is 6.34. The van der Waals surface area contributed by atoms with E-state index >= 15 is 0 Å². The number of fused-ring (bicyclic) bond motifs is 1. The molecule has 4 N–H and O–H groups in total. The average Bonchev–Trinajstić information content (AvgIpc) is 3.11. The van der Waals surface area contributed by atoms with Gasteiger partial charge in [0.25, 0.3) is 0 Å². The van der Waals surface area contributed by atoms with E-state index in [4.69, 9.17) is 19.9 Å². The summed E-state index contributed by atoms with van der Waals surface area (Å²) in [7, 11) is 3.21. The summed E-state index contributed by atoms with van der Waals surface area (Å²) in [5.41, 5.74) is 9.15. The monoisotopic (exact) mass is 461 g/mol. The molecule has 9 heteroatoms. The Balaban J connectivity index is 1.49. The third-order valence-electron chi connectivity index (χ3n) is 5.46. The van der Waals surface area contributed by atoms with Gasteiger partial charge in [-0.1, -0.05) is 12.1 Å². The van der Waals surface area contributed by atoms with Gasteiger partial charge in [-0.25, -0.2) is 4.79 Å². The van der Waals surface area contributed by atoms with Crippen LogP contribution in [-0.4, -0.2) is 46.0 Å². The number of nitrogens with two attached hydrogens (primary N) is 1. The van der Waals surface area contributed by atoms with Crippen molar-refractivity contribution in [2.75, 3.05) is 45.0 Å². The first-order valence-corrected chi connectivity index (χ1v) is 11.5. The highest BCUT2D eigenvalue weighted by molar-refractivity contribution is 7.17. The predicted octanol–water partition coefficient (Wildman–Crippen LogP) is 3.39. The first kappa shape index (κ1) is 23.9. The van der Waals surface area contributed by atoms with Gasteiger partial charge in [0.1, 0.15) is 10.8 Å². The third-order valence-corrected chi connectivity index (χ3v) is 6.65. The van der Waals surface area contributed by atoms with Crippen LogP contribution >= 0.6 is 11.3 Å². The molecule has 0 aliphatic heterocycles. The summed E-state index contributed by atoms with van der Waals surface area (Å²) in [6.07, 6.45) is 3.06. The van der Waals surface area contributed by atoms with Gasteiger partial charge in [-0.05, 0) is 54.9 Å². The zero-order valence-corrected chi connectivity index (χ0v) is 19.4. The van der Waals surface area contributed by atoms with Gasteiger partial charge < -0.3 is 30.6 Å². The Bertz CT molecular complexity index is 930. The molecule has 3 rings (SSSR count). The van der Waals surface area contributed by atoms with E-state index in [1.165, 1.54) is 11.3 Å². The highest BCUT2D eigenvalue weighted by Crippen LogP contribution is 2.41. The number of nitrogen functional groups attached to an aromatic ring is 1. The Kier molecular flexibility index (Phi) is 8.75. The number of rotatable bonds is 10. The van der Waals surface area contributed by atoms with Crippen LogP contribution in [0.4, 0.5) is 15.5 Å². The number of aryl methyl sites for hydroxylation is 1. The molecule has 0 spiro atoms. The van der Waals surface area contributed by atoms with Crippen LogP contribution in [0, 0.1) is 5.92 Å². The quantitative estimate of drug-likeness (QED) is 0.468. The SMILES string of the molecule is COCCNC(=O)OCC1CCc2c(sc(NC(=O)CCc3cccc(OC)c3)c2N)C1. The smallest absolute Gasteiger partial charge is 0.407 e. The summed E-state index contributed by atoms with van der Waals surface area (Å²) in [6, 6.07) is 7.72. The maximum Gasteiger partial charge on any atom is 0.407 e. The fraction of sp³-hybridized carbons (Fsp3) is 0.478. The van der Waals surface area contributed by atoms with Gasteiger partial charge in [-0.15, -0.1) is 11.3 Å². The molecule has 32 heavy (non-hydrogen) atoms. The van der Waals surface area contributed by atoms with Crippen molar-refractivity contribution in [3.8, 4) is 5.75 Å². The van der Waals surface area contributed by atoms with Crippen molar-refractivity contribution in [1.29, 1.82) is 0 Å². The lowest BCUT2D eigenvalue weighted by Crippen LogP contribution is -2.30. The normalized spacial score (nSPS) is 15.0. The third kappa shape index (κ3) is 6.61. The lowest BCUT2D eigenvalue weighted by Gasteiger charge is -2.22. The van der Waals surface area contributed by atoms with Crippen molar-refractivity contribution < 1.29 is 23.8 Å². The molecule has 1 unspecified atom stereocenters. The fourth-order valence-corrected chi connectivity index (χ4v) is 4.99. The molecule has 1 atom stereocenters. The minimum absolute atomic E-state index is 0.0641. The van der Waals surface area contributed by atoms with E-state index in [1.807, 2.05) is 24.3 Å².